The number of rotatable bonds is 5. The van der Waals surface area contributed by atoms with E-state index in [1.165, 1.54) is 29.2 Å². The van der Waals surface area contributed by atoms with Crippen molar-refractivity contribution in [2.45, 2.75) is 19.6 Å². The zero-order valence-corrected chi connectivity index (χ0v) is 13.9. The van der Waals surface area contributed by atoms with Crippen LogP contribution in [0.5, 0.6) is 0 Å². The molecule has 0 aliphatic carbocycles. The highest BCUT2D eigenvalue weighted by molar-refractivity contribution is 6.04. The highest BCUT2D eigenvalue weighted by Crippen LogP contribution is 2.30. The summed E-state index contributed by atoms with van der Waals surface area (Å²) in [6.45, 7) is 8.53. The number of imidazole rings is 1. The van der Waals surface area contributed by atoms with Crippen molar-refractivity contribution in [3.05, 3.63) is 61.5 Å². The summed E-state index contributed by atoms with van der Waals surface area (Å²) in [6, 6.07) is 2.36. The van der Waals surface area contributed by atoms with E-state index in [4.69, 9.17) is 0 Å². The topological polar surface area (TPSA) is 72.2 Å². The number of carbonyl (C=O) groups is 1. The fraction of sp³-hybridized carbons (Fsp3) is 0.176. The van der Waals surface area contributed by atoms with Crippen LogP contribution < -0.4 is 5.32 Å². The predicted octanol–water partition coefficient (Wildman–Crippen LogP) is 3.12. The summed E-state index contributed by atoms with van der Waals surface area (Å²) in [5.41, 5.74) is 0.150. The van der Waals surface area contributed by atoms with E-state index in [-0.39, 0.29) is 23.9 Å². The first-order valence-corrected chi connectivity index (χ1v) is 7.42. The zero-order chi connectivity index (χ0) is 19.3. The molecule has 0 aliphatic heterocycles. The Kier molecular flexibility index (Phi) is 5.71. The van der Waals surface area contributed by atoms with Gasteiger partial charge in [0, 0.05) is 23.7 Å². The third-order valence-electron chi connectivity index (χ3n) is 3.43. The lowest BCUT2D eigenvalue weighted by molar-refractivity contribution is -0.141. The minimum Gasteiger partial charge on any atom is -0.325 e. The number of aliphatic imine (C=N–C) groups is 1. The lowest BCUT2D eigenvalue weighted by Gasteiger charge is -2.09. The molecule has 9 heteroatoms. The van der Waals surface area contributed by atoms with Crippen LogP contribution in [0.15, 0.2) is 55.1 Å². The first-order valence-electron chi connectivity index (χ1n) is 7.42. The normalized spacial score (nSPS) is 11.9. The number of hydrogen-bond acceptors (Lipinski definition) is 4. The molecule has 26 heavy (non-hydrogen) atoms. The van der Waals surface area contributed by atoms with Crippen molar-refractivity contribution >= 4 is 11.7 Å². The lowest BCUT2D eigenvalue weighted by Crippen LogP contribution is -2.32. The number of nitrogens with zero attached hydrogens (tertiary/aromatic N) is 4. The SMILES string of the molecule is C=CN=C(C=C)NC(=O)Cn1cnc(-c2ccnc(C(F)(F)F)c2)c1C. The molecule has 0 radical (unpaired) electrons. The molecule has 2 aromatic rings. The van der Waals surface area contributed by atoms with E-state index in [0.29, 0.717) is 11.4 Å². The van der Waals surface area contributed by atoms with Crippen LogP contribution in [0.4, 0.5) is 13.2 Å². The average Bonchev–Trinajstić information content (AvgIpc) is 2.94. The smallest absolute Gasteiger partial charge is 0.325 e. The molecule has 0 unspecified atom stereocenters. The van der Waals surface area contributed by atoms with Gasteiger partial charge in [-0.15, -0.1) is 0 Å². The van der Waals surface area contributed by atoms with Crippen molar-refractivity contribution < 1.29 is 18.0 Å². The number of aromatic nitrogens is 3. The summed E-state index contributed by atoms with van der Waals surface area (Å²) >= 11 is 0. The number of nitrogens with one attached hydrogen (secondary N) is 1. The minimum absolute atomic E-state index is 0.0833. The molecular weight excluding hydrogens is 347 g/mol. The van der Waals surface area contributed by atoms with Crippen LogP contribution in [0.2, 0.25) is 0 Å². The van der Waals surface area contributed by atoms with Gasteiger partial charge in [-0.25, -0.2) is 9.98 Å². The van der Waals surface area contributed by atoms with E-state index in [0.717, 1.165) is 12.3 Å². The molecule has 2 aromatic heterocycles. The summed E-state index contributed by atoms with van der Waals surface area (Å²) in [4.78, 5) is 23.3. The van der Waals surface area contributed by atoms with Gasteiger partial charge in [0.1, 0.15) is 18.1 Å². The molecule has 6 nitrogen and oxygen atoms in total. The van der Waals surface area contributed by atoms with E-state index in [1.54, 1.807) is 6.92 Å². The fourth-order valence-electron chi connectivity index (χ4n) is 2.19. The van der Waals surface area contributed by atoms with Crippen molar-refractivity contribution in [1.29, 1.82) is 0 Å². The monoisotopic (exact) mass is 363 g/mol. The Morgan fingerprint density at radius 1 is 1.38 bits per heavy atom. The highest BCUT2D eigenvalue weighted by Gasteiger charge is 2.32. The quantitative estimate of drug-likeness (QED) is 0.655. The van der Waals surface area contributed by atoms with Crippen LogP contribution in [-0.4, -0.2) is 26.3 Å². The van der Waals surface area contributed by atoms with Gasteiger partial charge >= 0.3 is 6.18 Å². The van der Waals surface area contributed by atoms with Gasteiger partial charge in [0.15, 0.2) is 0 Å². The largest absolute Gasteiger partial charge is 0.433 e. The van der Waals surface area contributed by atoms with Crippen molar-refractivity contribution in [3.63, 3.8) is 0 Å². The van der Waals surface area contributed by atoms with Crippen molar-refractivity contribution in [1.82, 2.24) is 19.9 Å². The number of pyridine rings is 1. The van der Waals surface area contributed by atoms with Crippen LogP contribution in [0, 0.1) is 6.92 Å². The maximum atomic E-state index is 12.8. The molecule has 2 heterocycles. The molecular formula is C17H16F3N5O. The Balaban J connectivity index is 2.23. The number of hydrogen-bond donors (Lipinski definition) is 1. The van der Waals surface area contributed by atoms with Crippen molar-refractivity contribution in [2.24, 2.45) is 4.99 Å². The average molecular weight is 363 g/mol. The van der Waals surface area contributed by atoms with E-state index in [1.807, 2.05) is 0 Å². The van der Waals surface area contributed by atoms with Gasteiger partial charge in [-0.05, 0) is 25.1 Å². The van der Waals surface area contributed by atoms with Gasteiger partial charge < -0.3 is 9.88 Å². The van der Waals surface area contributed by atoms with Gasteiger partial charge in [-0.2, -0.15) is 13.2 Å². The Morgan fingerprint density at radius 2 is 2.12 bits per heavy atom. The predicted molar refractivity (Wildman–Crippen MR) is 91.2 cm³/mol. The molecule has 0 spiro atoms. The zero-order valence-electron chi connectivity index (χ0n) is 13.9. The molecule has 2 rings (SSSR count). The van der Waals surface area contributed by atoms with E-state index >= 15 is 0 Å². The standard InChI is InChI=1S/C17H16F3N5O/c1-4-14(21-5-2)24-15(26)9-25-10-23-16(11(25)3)12-6-7-22-13(8-12)17(18,19)20/h4-8,10H,1-2,9H2,3H3,(H,21,24,26). The molecule has 0 saturated heterocycles. The molecule has 136 valence electrons. The first kappa shape index (κ1) is 19.1. The Labute approximate surface area is 147 Å². The van der Waals surface area contributed by atoms with Gasteiger partial charge in [-0.3, -0.25) is 9.78 Å². The second kappa shape index (κ2) is 7.77. The molecule has 0 aliphatic rings. The van der Waals surface area contributed by atoms with E-state index in [9.17, 15) is 18.0 Å². The summed E-state index contributed by atoms with van der Waals surface area (Å²) in [5.74, 6) is -0.143. The van der Waals surface area contributed by atoms with Gasteiger partial charge in [-0.1, -0.05) is 13.2 Å². The summed E-state index contributed by atoms with van der Waals surface area (Å²) in [7, 11) is 0. The van der Waals surface area contributed by atoms with Crippen molar-refractivity contribution in [3.8, 4) is 11.3 Å². The molecule has 1 N–H and O–H groups in total. The third kappa shape index (κ3) is 4.44. The van der Waals surface area contributed by atoms with Crippen LogP contribution in [-0.2, 0) is 17.5 Å². The van der Waals surface area contributed by atoms with Crippen molar-refractivity contribution in [2.75, 3.05) is 0 Å². The third-order valence-corrected chi connectivity index (χ3v) is 3.43. The van der Waals surface area contributed by atoms with Crippen LogP contribution >= 0.6 is 0 Å². The number of halogens is 3. The van der Waals surface area contributed by atoms with Crippen LogP contribution in [0.3, 0.4) is 0 Å². The number of alkyl halides is 3. The molecule has 0 aromatic carbocycles. The number of amides is 1. The first-order chi connectivity index (χ1) is 12.3. The summed E-state index contributed by atoms with van der Waals surface area (Å²) in [5, 5.41) is 2.54. The van der Waals surface area contributed by atoms with Gasteiger partial charge in [0.25, 0.3) is 0 Å². The number of carbonyl (C=O) groups excluding carboxylic acids is 1. The molecule has 0 atom stereocenters. The van der Waals surface area contributed by atoms with Gasteiger partial charge in [0.2, 0.25) is 5.91 Å². The van der Waals surface area contributed by atoms with E-state index < -0.39 is 11.9 Å². The highest BCUT2D eigenvalue weighted by atomic mass is 19.4. The maximum absolute atomic E-state index is 12.8. The van der Waals surface area contributed by atoms with Gasteiger partial charge in [0.05, 0.1) is 12.0 Å². The fourth-order valence-corrected chi connectivity index (χ4v) is 2.19. The van der Waals surface area contributed by atoms with E-state index in [2.05, 4.69) is 33.4 Å². The lowest BCUT2D eigenvalue weighted by atomic mass is 10.1. The number of amidine groups is 1. The molecule has 0 saturated carbocycles. The minimum atomic E-state index is -4.54. The maximum Gasteiger partial charge on any atom is 0.433 e. The van der Waals surface area contributed by atoms with Crippen LogP contribution in [0.1, 0.15) is 11.4 Å². The Morgan fingerprint density at radius 3 is 2.73 bits per heavy atom. The summed E-state index contributed by atoms with van der Waals surface area (Å²) in [6.07, 6.45) is 0.542. The molecule has 0 fully saturated rings. The Hall–Kier alpha value is -3.23. The molecule has 1 amide bonds. The second-order valence-electron chi connectivity index (χ2n) is 5.18. The van der Waals surface area contributed by atoms with Crippen LogP contribution in [0.25, 0.3) is 11.3 Å². The Bertz CT molecular complexity index is 868. The molecule has 0 bridgehead atoms. The second-order valence-corrected chi connectivity index (χ2v) is 5.18. The summed E-state index contributed by atoms with van der Waals surface area (Å²) < 4.78 is 40.0.